The van der Waals surface area contributed by atoms with Crippen LogP contribution < -0.4 is 4.74 Å². The van der Waals surface area contributed by atoms with Gasteiger partial charge in [-0.25, -0.2) is 4.79 Å². The molecule has 0 saturated heterocycles. The van der Waals surface area contributed by atoms with Crippen LogP contribution in [0.3, 0.4) is 0 Å². The summed E-state index contributed by atoms with van der Waals surface area (Å²) >= 11 is 0. The first kappa shape index (κ1) is 12.6. The average Bonchev–Trinajstić information content (AvgIpc) is 2.28. The molecule has 0 spiro atoms. The number of ether oxygens (including phenoxy) is 1. The Morgan fingerprint density at radius 2 is 2.00 bits per heavy atom. The SMILES string of the molecule is CCC(C)C(C)(Oc1ccccc1)C(=O)O. The Hall–Kier alpha value is -1.51. The van der Waals surface area contributed by atoms with Crippen molar-refractivity contribution in [2.75, 3.05) is 0 Å². The van der Waals surface area contributed by atoms with Gasteiger partial charge in [-0.1, -0.05) is 32.0 Å². The molecular formula is C13H18O3. The highest BCUT2D eigenvalue weighted by Gasteiger charge is 2.40. The van der Waals surface area contributed by atoms with Crippen LogP contribution in [0, 0.1) is 5.92 Å². The highest BCUT2D eigenvalue weighted by molar-refractivity contribution is 5.77. The molecule has 2 atom stereocenters. The summed E-state index contributed by atoms with van der Waals surface area (Å²) in [7, 11) is 0. The lowest BCUT2D eigenvalue weighted by Gasteiger charge is -2.31. The van der Waals surface area contributed by atoms with Crippen molar-refractivity contribution in [2.45, 2.75) is 32.8 Å². The molecule has 0 aliphatic heterocycles. The lowest BCUT2D eigenvalue weighted by atomic mass is 9.88. The molecule has 16 heavy (non-hydrogen) atoms. The Labute approximate surface area is 96.1 Å². The molecule has 0 aromatic heterocycles. The fourth-order valence-electron chi connectivity index (χ4n) is 1.48. The second-order valence-electron chi connectivity index (χ2n) is 4.14. The molecule has 0 bridgehead atoms. The van der Waals surface area contributed by atoms with Crippen molar-refractivity contribution in [3.63, 3.8) is 0 Å². The number of aliphatic carboxylic acids is 1. The summed E-state index contributed by atoms with van der Waals surface area (Å²) in [6.07, 6.45) is 0.760. The van der Waals surface area contributed by atoms with Crippen LogP contribution in [0.4, 0.5) is 0 Å². The van der Waals surface area contributed by atoms with Crippen molar-refractivity contribution in [2.24, 2.45) is 5.92 Å². The van der Waals surface area contributed by atoms with E-state index in [1.165, 1.54) is 0 Å². The summed E-state index contributed by atoms with van der Waals surface area (Å²) < 4.78 is 5.62. The van der Waals surface area contributed by atoms with Gasteiger partial charge in [-0.05, 0) is 25.5 Å². The molecule has 3 nitrogen and oxygen atoms in total. The van der Waals surface area contributed by atoms with Gasteiger partial charge in [0.2, 0.25) is 5.60 Å². The second-order valence-corrected chi connectivity index (χ2v) is 4.14. The molecule has 0 amide bonds. The predicted octanol–water partition coefficient (Wildman–Crippen LogP) is 2.95. The fourth-order valence-corrected chi connectivity index (χ4v) is 1.48. The van der Waals surface area contributed by atoms with Crippen LogP contribution in [0.1, 0.15) is 27.2 Å². The van der Waals surface area contributed by atoms with Crippen molar-refractivity contribution >= 4 is 5.97 Å². The van der Waals surface area contributed by atoms with Crippen molar-refractivity contribution in [3.05, 3.63) is 30.3 Å². The number of carboxylic acid groups (broad SMARTS) is 1. The van der Waals surface area contributed by atoms with Crippen LogP contribution in [0.15, 0.2) is 30.3 Å². The van der Waals surface area contributed by atoms with E-state index in [1.54, 1.807) is 19.1 Å². The van der Waals surface area contributed by atoms with E-state index in [2.05, 4.69) is 0 Å². The van der Waals surface area contributed by atoms with Gasteiger partial charge in [0, 0.05) is 5.92 Å². The number of para-hydroxylation sites is 1. The van der Waals surface area contributed by atoms with Crippen molar-refractivity contribution in [1.29, 1.82) is 0 Å². The predicted molar refractivity (Wildman–Crippen MR) is 62.6 cm³/mol. The Morgan fingerprint density at radius 3 is 2.44 bits per heavy atom. The zero-order chi connectivity index (χ0) is 12.2. The highest BCUT2D eigenvalue weighted by Crippen LogP contribution is 2.27. The second kappa shape index (κ2) is 5.01. The molecule has 3 heteroatoms. The maximum Gasteiger partial charge on any atom is 0.348 e. The van der Waals surface area contributed by atoms with E-state index in [9.17, 15) is 9.90 Å². The number of carboxylic acids is 1. The van der Waals surface area contributed by atoms with E-state index in [0.29, 0.717) is 5.75 Å². The Morgan fingerprint density at radius 1 is 1.44 bits per heavy atom. The summed E-state index contributed by atoms with van der Waals surface area (Å²) in [6, 6.07) is 9.06. The third kappa shape index (κ3) is 2.54. The van der Waals surface area contributed by atoms with Crippen molar-refractivity contribution in [3.8, 4) is 5.75 Å². The van der Waals surface area contributed by atoms with Crippen LogP contribution >= 0.6 is 0 Å². The minimum absolute atomic E-state index is 0.0507. The summed E-state index contributed by atoms with van der Waals surface area (Å²) in [6.45, 7) is 5.47. The molecule has 1 N–H and O–H groups in total. The van der Waals surface area contributed by atoms with E-state index in [4.69, 9.17) is 4.74 Å². The Balaban J connectivity index is 2.92. The largest absolute Gasteiger partial charge is 0.478 e. The topological polar surface area (TPSA) is 46.5 Å². The number of hydrogen-bond acceptors (Lipinski definition) is 2. The fraction of sp³-hybridized carbons (Fsp3) is 0.462. The van der Waals surface area contributed by atoms with E-state index < -0.39 is 11.6 Å². The van der Waals surface area contributed by atoms with Crippen molar-refractivity contribution in [1.82, 2.24) is 0 Å². The number of hydrogen-bond donors (Lipinski definition) is 1. The third-order valence-corrected chi connectivity index (χ3v) is 3.05. The van der Waals surface area contributed by atoms with Gasteiger partial charge in [0.15, 0.2) is 0 Å². The molecule has 0 fully saturated rings. The van der Waals surface area contributed by atoms with E-state index >= 15 is 0 Å². The van der Waals surface area contributed by atoms with Crippen LogP contribution in [0.5, 0.6) is 5.75 Å². The average molecular weight is 222 g/mol. The number of rotatable bonds is 5. The minimum Gasteiger partial charge on any atom is -0.478 e. The van der Waals surface area contributed by atoms with Gasteiger partial charge in [0.05, 0.1) is 0 Å². The van der Waals surface area contributed by atoms with Gasteiger partial charge in [-0.2, -0.15) is 0 Å². The minimum atomic E-state index is -1.17. The van der Waals surface area contributed by atoms with E-state index in [0.717, 1.165) is 6.42 Å². The molecule has 1 rings (SSSR count). The van der Waals surface area contributed by atoms with Crippen LogP contribution in [0.2, 0.25) is 0 Å². The first-order chi connectivity index (χ1) is 7.50. The quantitative estimate of drug-likeness (QED) is 0.833. The Kier molecular flexibility index (Phi) is 3.93. The van der Waals surface area contributed by atoms with Crippen LogP contribution in [-0.4, -0.2) is 16.7 Å². The summed E-state index contributed by atoms with van der Waals surface area (Å²) in [5, 5.41) is 9.27. The monoisotopic (exact) mass is 222 g/mol. The zero-order valence-corrected chi connectivity index (χ0v) is 9.93. The molecule has 0 aliphatic rings. The molecule has 2 unspecified atom stereocenters. The summed E-state index contributed by atoms with van der Waals surface area (Å²) in [4.78, 5) is 11.3. The number of benzene rings is 1. The first-order valence-electron chi connectivity index (χ1n) is 5.48. The maximum atomic E-state index is 11.3. The molecular weight excluding hydrogens is 204 g/mol. The van der Waals surface area contributed by atoms with Gasteiger partial charge >= 0.3 is 5.97 Å². The Bertz CT molecular complexity index is 347. The molecule has 0 aliphatic carbocycles. The molecule has 1 aromatic carbocycles. The highest BCUT2D eigenvalue weighted by atomic mass is 16.5. The first-order valence-corrected chi connectivity index (χ1v) is 5.48. The molecule has 0 saturated carbocycles. The smallest absolute Gasteiger partial charge is 0.348 e. The van der Waals surface area contributed by atoms with Gasteiger partial charge in [0.1, 0.15) is 5.75 Å². The lowest BCUT2D eigenvalue weighted by Crippen LogP contribution is -2.47. The van der Waals surface area contributed by atoms with E-state index in [-0.39, 0.29) is 5.92 Å². The molecule has 1 aromatic rings. The normalized spacial score (nSPS) is 16.2. The summed E-state index contributed by atoms with van der Waals surface area (Å²) in [5.41, 5.74) is -1.17. The zero-order valence-electron chi connectivity index (χ0n) is 9.93. The lowest BCUT2D eigenvalue weighted by molar-refractivity contribution is -0.158. The van der Waals surface area contributed by atoms with Crippen LogP contribution in [-0.2, 0) is 4.79 Å². The van der Waals surface area contributed by atoms with Gasteiger partial charge in [-0.3, -0.25) is 0 Å². The van der Waals surface area contributed by atoms with Gasteiger partial charge in [-0.15, -0.1) is 0 Å². The maximum absolute atomic E-state index is 11.3. The van der Waals surface area contributed by atoms with Gasteiger partial charge in [0.25, 0.3) is 0 Å². The standard InChI is InChI=1S/C13H18O3/c1-4-10(2)13(3,12(14)15)16-11-8-6-5-7-9-11/h5-10H,4H2,1-3H3,(H,14,15). The van der Waals surface area contributed by atoms with Crippen LogP contribution in [0.25, 0.3) is 0 Å². The molecule has 0 heterocycles. The van der Waals surface area contributed by atoms with Crippen molar-refractivity contribution < 1.29 is 14.6 Å². The van der Waals surface area contributed by atoms with Gasteiger partial charge < -0.3 is 9.84 Å². The number of carbonyl (C=O) groups is 1. The summed E-state index contributed by atoms with van der Waals surface area (Å²) in [5.74, 6) is -0.386. The van der Waals surface area contributed by atoms with E-state index in [1.807, 2.05) is 32.0 Å². The molecule has 0 radical (unpaired) electrons. The molecule has 88 valence electrons. The third-order valence-electron chi connectivity index (χ3n) is 3.05.